The molecule has 1 saturated carbocycles. The molecule has 1 rings (SSSR count). The van der Waals surface area contributed by atoms with Crippen LogP contribution < -0.4 is 11.5 Å². The molecule has 0 radical (unpaired) electrons. The Morgan fingerprint density at radius 3 is 1.83 bits per heavy atom. The Balaban J connectivity index is 3.57. The Labute approximate surface area is 141 Å². The third kappa shape index (κ3) is 3.42. The quantitative estimate of drug-likeness (QED) is 0.281. The van der Waals surface area contributed by atoms with E-state index >= 15 is 0 Å². The molecule has 0 heterocycles. The summed E-state index contributed by atoms with van der Waals surface area (Å²) in [6.07, 6.45) is 1.11. The van der Waals surface area contributed by atoms with Gasteiger partial charge in [0, 0.05) is 32.3 Å². The molecule has 1 aliphatic carbocycles. The van der Waals surface area contributed by atoms with Crippen molar-refractivity contribution >= 4 is 11.8 Å². The first-order chi connectivity index (χ1) is 11.4. The normalized spacial score (nSPS) is 29.3. The minimum atomic E-state index is -1.17. The Morgan fingerprint density at radius 2 is 1.46 bits per heavy atom. The highest BCUT2D eigenvalue weighted by Crippen LogP contribution is 2.61. The van der Waals surface area contributed by atoms with Crippen LogP contribution in [-0.4, -0.2) is 58.7 Å². The van der Waals surface area contributed by atoms with Crippen molar-refractivity contribution in [1.29, 1.82) is 0 Å². The van der Waals surface area contributed by atoms with E-state index in [0.29, 0.717) is 6.42 Å². The van der Waals surface area contributed by atoms with E-state index in [-0.39, 0.29) is 58.5 Å². The first kappa shape index (κ1) is 20.8. The Morgan fingerprint density at radius 1 is 0.917 bits per heavy atom. The highest BCUT2D eigenvalue weighted by molar-refractivity contribution is 5.83. The number of hydrogen-bond acceptors (Lipinski definition) is 6. The summed E-state index contributed by atoms with van der Waals surface area (Å²) < 4.78 is 0. The molecule has 0 aromatic heterocycles. The average Bonchev–Trinajstić information content (AvgIpc) is 2.51. The van der Waals surface area contributed by atoms with Crippen molar-refractivity contribution in [2.75, 3.05) is 26.4 Å². The number of rotatable bonds is 10. The molecule has 0 aromatic rings. The maximum Gasteiger partial charge on any atom is 0.224 e. The van der Waals surface area contributed by atoms with Gasteiger partial charge in [0.2, 0.25) is 11.8 Å². The standard InChI is InChI=1S/C16H30N2O6/c17-13(23)11-1-3-16(6-10-22,14(18)24)15(4-8-20,5-9-21)12(11)2-7-19/h11-12,19-22H,1-10H2,(H2,17,23)(H2,18,24). The van der Waals surface area contributed by atoms with Crippen LogP contribution in [-0.2, 0) is 9.59 Å². The van der Waals surface area contributed by atoms with Crippen LogP contribution in [0, 0.1) is 22.7 Å². The summed E-state index contributed by atoms with van der Waals surface area (Å²) in [6.45, 7) is -1.04. The molecule has 140 valence electrons. The van der Waals surface area contributed by atoms with Gasteiger partial charge in [-0.3, -0.25) is 9.59 Å². The highest BCUT2D eigenvalue weighted by Gasteiger charge is 2.62. The molecule has 3 atom stereocenters. The van der Waals surface area contributed by atoms with Gasteiger partial charge in [-0.1, -0.05) is 0 Å². The molecule has 0 aliphatic heterocycles. The number of primary amides is 2. The minimum absolute atomic E-state index is 0.0791. The van der Waals surface area contributed by atoms with E-state index in [1.807, 2.05) is 0 Å². The van der Waals surface area contributed by atoms with Crippen LogP contribution in [0.2, 0.25) is 0 Å². The summed E-state index contributed by atoms with van der Waals surface area (Å²) >= 11 is 0. The summed E-state index contributed by atoms with van der Waals surface area (Å²) in [7, 11) is 0. The molecule has 1 fully saturated rings. The summed E-state index contributed by atoms with van der Waals surface area (Å²) in [4.78, 5) is 24.4. The molecule has 0 saturated heterocycles. The molecule has 8 N–H and O–H groups in total. The van der Waals surface area contributed by atoms with E-state index in [4.69, 9.17) is 11.5 Å². The average molecular weight is 346 g/mol. The van der Waals surface area contributed by atoms with Crippen molar-refractivity contribution in [2.24, 2.45) is 34.1 Å². The monoisotopic (exact) mass is 346 g/mol. The summed E-state index contributed by atoms with van der Waals surface area (Å²) in [6, 6.07) is 0. The first-order valence-corrected chi connectivity index (χ1v) is 8.39. The smallest absolute Gasteiger partial charge is 0.224 e. The lowest BCUT2D eigenvalue weighted by Gasteiger charge is -2.58. The fourth-order valence-corrected chi connectivity index (χ4v) is 4.98. The van der Waals surface area contributed by atoms with Gasteiger partial charge in [-0.05, 0) is 49.9 Å². The number of carbonyl (C=O) groups excluding carboxylic acids is 2. The fraction of sp³-hybridized carbons (Fsp3) is 0.875. The molecule has 24 heavy (non-hydrogen) atoms. The summed E-state index contributed by atoms with van der Waals surface area (Å²) in [5, 5.41) is 38.3. The van der Waals surface area contributed by atoms with E-state index in [1.165, 1.54) is 0 Å². The predicted octanol–water partition coefficient (Wildman–Crippen LogP) is -1.51. The number of carbonyl (C=O) groups is 2. The Hall–Kier alpha value is -1.22. The van der Waals surface area contributed by atoms with Gasteiger partial charge in [-0.25, -0.2) is 0 Å². The molecule has 3 unspecified atom stereocenters. The third-order valence-corrected chi connectivity index (χ3v) is 5.96. The zero-order chi connectivity index (χ0) is 18.4. The molecule has 8 nitrogen and oxygen atoms in total. The van der Waals surface area contributed by atoms with Crippen LogP contribution in [0.3, 0.4) is 0 Å². The lowest BCUT2D eigenvalue weighted by Crippen LogP contribution is -2.61. The van der Waals surface area contributed by atoms with Crippen LogP contribution >= 0.6 is 0 Å². The molecule has 0 aromatic carbocycles. The van der Waals surface area contributed by atoms with Crippen molar-refractivity contribution in [3.05, 3.63) is 0 Å². The maximum atomic E-state index is 12.4. The Kier molecular flexibility index (Phi) is 7.59. The zero-order valence-corrected chi connectivity index (χ0v) is 14.0. The van der Waals surface area contributed by atoms with Crippen LogP contribution in [0.1, 0.15) is 38.5 Å². The lowest BCUT2D eigenvalue weighted by molar-refractivity contribution is -0.168. The topological polar surface area (TPSA) is 167 Å². The highest BCUT2D eigenvalue weighted by atomic mass is 16.3. The molecule has 1 aliphatic rings. The van der Waals surface area contributed by atoms with Crippen LogP contribution in [0.4, 0.5) is 0 Å². The Bertz CT molecular complexity index is 438. The third-order valence-electron chi connectivity index (χ3n) is 5.96. The number of nitrogens with two attached hydrogens (primary N) is 2. The number of hydrogen-bond donors (Lipinski definition) is 6. The molecule has 0 bridgehead atoms. The van der Waals surface area contributed by atoms with Crippen molar-refractivity contribution in [3.63, 3.8) is 0 Å². The molecular weight excluding hydrogens is 316 g/mol. The van der Waals surface area contributed by atoms with E-state index in [0.717, 1.165) is 0 Å². The van der Waals surface area contributed by atoms with Gasteiger partial charge >= 0.3 is 0 Å². The maximum absolute atomic E-state index is 12.4. The van der Waals surface area contributed by atoms with Gasteiger partial charge in [0.15, 0.2) is 0 Å². The second-order valence-electron chi connectivity index (χ2n) is 6.69. The van der Waals surface area contributed by atoms with Gasteiger partial charge in [-0.2, -0.15) is 0 Å². The molecule has 2 amide bonds. The summed E-state index contributed by atoms with van der Waals surface area (Å²) in [5.41, 5.74) is 9.07. The lowest BCUT2D eigenvalue weighted by atomic mass is 9.44. The van der Waals surface area contributed by atoms with Crippen LogP contribution in [0.15, 0.2) is 0 Å². The van der Waals surface area contributed by atoms with Crippen LogP contribution in [0.25, 0.3) is 0 Å². The van der Waals surface area contributed by atoms with Crippen LogP contribution in [0.5, 0.6) is 0 Å². The summed E-state index contributed by atoms with van der Waals surface area (Å²) in [5.74, 6) is -2.24. The number of amides is 2. The number of aliphatic hydroxyl groups excluding tert-OH is 4. The largest absolute Gasteiger partial charge is 0.396 e. The predicted molar refractivity (Wildman–Crippen MR) is 86.3 cm³/mol. The number of aliphatic hydroxyl groups is 4. The second kappa shape index (κ2) is 8.75. The molecular formula is C16H30N2O6. The van der Waals surface area contributed by atoms with Crippen molar-refractivity contribution in [2.45, 2.75) is 38.5 Å². The molecule has 0 spiro atoms. The second-order valence-corrected chi connectivity index (χ2v) is 6.69. The van der Waals surface area contributed by atoms with Crippen molar-refractivity contribution in [1.82, 2.24) is 0 Å². The van der Waals surface area contributed by atoms with Gasteiger partial charge in [0.1, 0.15) is 0 Å². The van der Waals surface area contributed by atoms with Gasteiger partial charge < -0.3 is 31.9 Å². The molecule has 8 heteroatoms. The SMILES string of the molecule is NC(=O)C1CCC(CCO)(C(N)=O)C(CCO)(CCO)C1CCO. The van der Waals surface area contributed by atoms with E-state index in [2.05, 4.69) is 0 Å². The first-order valence-electron chi connectivity index (χ1n) is 8.39. The van der Waals surface area contributed by atoms with E-state index in [1.54, 1.807) is 0 Å². The zero-order valence-electron chi connectivity index (χ0n) is 14.0. The van der Waals surface area contributed by atoms with E-state index in [9.17, 15) is 30.0 Å². The van der Waals surface area contributed by atoms with Gasteiger partial charge in [0.25, 0.3) is 0 Å². The fourth-order valence-electron chi connectivity index (χ4n) is 4.98. The van der Waals surface area contributed by atoms with E-state index < -0.39 is 34.5 Å². The minimum Gasteiger partial charge on any atom is -0.396 e. The van der Waals surface area contributed by atoms with Crippen molar-refractivity contribution < 1.29 is 30.0 Å². The van der Waals surface area contributed by atoms with Gasteiger partial charge in [0.05, 0.1) is 5.41 Å². The van der Waals surface area contributed by atoms with Gasteiger partial charge in [-0.15, -0.1) is 0 Å². The van der Waals surface area contributed by atoms with Crippen molar-refractivity contribution in [3.8, 4) is 0 Å².